The number of nitrogens with zero attached hydrogens (tertiary/aromatic N) is 1. The van der Waals surface area contributed by atoms with Gasteiger partial charge in [-0.2, -0.15) is 0 Å². The molecule has 0 rings (SSSR count). The van der Waals surface area contributed by atoms with Crippen molar-refractivity contribution in [1.29, 1.82) is 5.41 Å². The molecule has 0 aromatic heterocycles. The molecule has 0 aliphatic rings. The summed E-state index contributed by atoms with van der Waals surface area (Å²) in [4.78, 5) is 28.0. The fourth-order valence-corrected chi connectivity index (χ4v) is 0.763. The first-order chi connectivity index (χ1) is 5.72. The molecule has 0 unspecified atom stereocenters. The second-order valence-corrected chi connectivity index (χ2v) is 3.36. The Bertz CT molecular complexity index is 269. The first-order valence-electron chi connectivity index (χ1n) is 3.05. The van der Waals surface area contributed by atoms with E-state index in [9.17, 15) is 9.36 Å². The average molecular weight is 259 g/mol. The third kappa shape index (κ3) is 12.8. The molecular weight excluding hydrogens is 247 g/mol. The number of carbonyl (C=O) groups excluding carboxylic acids is 1. The number of rotatable bonds is 3. The van der Waals surface area contributed by atoms with Crippen molar-refractivity contribution in [2.24, 2.45) is 5.73 Å². The summed E-state index contributed by atoms with van der Waals surface area (Å²) in [5.41, 5.74) is 4.96. The Morgan fingerprint density at radius 2 is 1.93 bits per heavy atom. The fourth-order valence-electron chi connectivity index (χ4n) is 0.440. The van der Waals surface area contributed by atoms with Crippen molar-refractivity contribution in [3.63, 3.8) is 0 Å². The molecule has 0 saturated carbocycles. The van der Waals surface area contributed by atoms with Crippen LogP contribution in [0.2, 0.25) is 0 Å². The summed E-state index contributed by atoms with van der Waals surface area (Å²) in [7, 11) is -3.49. The zero-order chi connectivity index (χ0) is 10.6. The Morgan fingerprint density at radius 3 is 2.20 bits per heavy atom. The number of guanidine groups is 1. The predicted molar refractivity (Wildman–Crippen MR) is 57.0 cm³/mol. The molecule has 80 valence electrons. The third-order valence-corrected chi connectivity index (χ3v) is 1.44. The van der Waals surface area contributed by atoms with E-state index < -0.39 is 26.3 Å². The Kier molecular flexibility index (Phi) is 12.7. The molecule has 0 aliphatic carbocycles. The minimum atomic E-state index is -4.80. The molecule has 0 amide bonds. The van der Waals surface area contributed by atoms with Gasteiger partial charge in [0.25, 0.3) is 0 Å². The minimum absolute atomic E-state index is 0. The Balaban J connectivity index is -0.000000720. The molecule has 0 fully saturated rings. The van der Waals surface area contributed by atoms with Gasteiger partial charge in [-0.25, -0.2) is 9.36 Å². The van der Waals surface area contributed by atoms with Crippen LogP contribution in [0.3, 0.4) is 0 Å². The second kappa shape index (κ2) is 8.98. The maximum atomic E-state index is 10.7. The summed E-state index contributed by atoms with van der Waals surface area (Å²) in [6.07, 6.45) is 0. The topological polar surface area (TPSA) is 137 Å². The maximum absolute atomic E-state index is 10.7. The van der Waals surface area contributed by atoms with Crippen molar-refractivity contribution in [3.05, 3.63) is 0 Å². The molecule has 0 radical (unpaired) electrons. The number of hydrogen-bond donors (Lipinski definition) is 4. The number of likely N-dealkylation sites (N-methyl/N-ethyl adjacent to an activating group) is 1. The van der Waals surface area contributed by atoms with Crippen LogP contribution in [0.4, 0.5) is 0 Å². The molecule has 0 heterocycles. The van der Waals surface area contributed by atoms with Crippen molar-refractivity contribution in [2.75, 3.05) is 13.6 Å². The van der Waals surface area contributed by atoms with Crippen LogP contribution < -0.4 is 5.73 Å². The van der Waals surface area contributed by atoms with E-state index in [1.807, 2.05) is 0 Å². The zero-order valence-electron chi connectivity index (χ0n) is 6.80. The van der Waals surface area contributed by atoms with Gasteiger partial charge in [-0.15, -0.1) is 0 Å². The van der Waals surface area contributed by atoms with Crippen LogP contribution in [0.5, 0.6) is 0 Å². The van der Waals surface area contributed by atoms with Crippen LogP contribution in [0, 0.1) is 5.41 Å². The molecule has 15 heavy (non-hydrogen) atoms. The summed E-state index contributed by atoms with van der Waals surface area (Å²) >= 11 is 0. The number of carbonyl (C=O) groups is 1. The second-order valence-electron chi connectivity index (χ2n) is 2.20. The molecule has 0 aromatic carbocycles. The molecule has 0 aliphatic heterocycles. The van der Waals surface area contributed by atoms with Crippen LogP contribution in [-0.2, 0) is 13.9 Å². The van der Waals surface area contributed by atoms with Gasteiger partial charge >= 0.3 is 72.9 Å². The Labute approximate surface area is 131 Å². The van der Waals surface area contributed by atoms with Gasteiger partial charge in [0, 0.05) is 7.05 Å². The predicted octanol–water partition coefficient (Wildman–Crippen LogP) is -2.85. The van der Waals surface area contributed by atoms with Gasteiger partial charge in [-0.3, -0.25) is 15.2 Å². The quantitative estimate of drug-likeness (QED) is 0.185. The molecule has 0 spiro atoms. The van der Waals surface area contributed by atoms with Crippen molar-refractivity contribution < 1.29 is 23.7 Å². The molecule has 5 N–H and O–H groups in total. The van der Waals surface area contributed by atoms with Crippen LogP contribution in [0.1, 0.15) is 0 Å². The zero-order valence-corrected chi connectivity index (χ0v) is 7.69. The summed E-state index contributed by atoms with van der Waals surface area (Å²) in [6, 6.07) is 0. The van der Waals surface area contributed by atoms with Gasteiger partial charge in [0.2, 0.25) is 0 Å². The van der Waals surface area contributed by atoms with Gasteiger partial charge in [-0.1, -0.05) is 0 Å². The monoisotopic (exact) mass is 259 g/mol. The first kappa shape index (κ1) is 21.2. The summed E-state index contributed by atoms with van der Waals surface area (Å²) in [5.74, 6) is -1.55. The van der Waals surface area contributed by atoms with Gasteiger partial charge in [0.1, 0.15) is 6.54 Å². The number of phosphoric ester groups is 1. The van der Waals surface area contributed by atoms with E-state index in [-0.39, 0.29) is 59.1 Å². The van der Waals surface area contributed by atoms with E-state index >= 15 is 0 Å². The van der Waals surface area contributed by atoms with E-state index in [0.717, 1.165) is 4.90 Å². The van der Waals surface area contributed by atoms with Crippen molar-refractivity contribution in [3.8, 4) is 0 Å². The number of nitrogens with two attached hydrogens (primary N) is 1. The Hall–Kier alpha value is 0.890. The SMILES string of the molecule is CN(CC(=O)OP(=O)(O)O)C(=N)N.[NaH].[NaH]. The molecule has 8 nitrogen and oxygen atoms in total. The normalized spacial score (nSPS) is 9.27. The van der Waals surface area contributed by atoms with Crippen molar-refractivity contribution >= 4 is 78.9 Å². The van der Waals surface area contributed by atoms with Crippen LogP contribution in [0.25, 0.3) is 0 Å². The fraction of sp³-hybridized carbons (Fsp3) is 0.500. The third-order valence-electron chi connectivity index (χ3n) is 0.998. The van der Waals surface area contributed by atoms with E-state index in [2.05, 4.69) is 4.52 Å². The summed E-state index contributed by atoms with van der Waals surface area (Å²) < 4.78 is 13.8. The Morgan fingerprint density at radius 1 is 1.53 bits per heavy atom. The molecule has 0 aromatic rings. The van der Waals surface area contributed by atoms with Crippen molar-refractivity contribution in [2.45, 2.75) is 0 Å². The molecule has 0 atom stereocenters. The molecule has 11 heteroatoms. The van der Waals surface area contributed by atoms with Crippen LogP contribution in [-0.4, -0.2) is 99.3 Å². The van der Waals surface area contributed by atoms with Gasteiger partial charge in [0.05, 0.1) is 0 Å². The molecule has 0 bridgehead atoms. The van der Waals surface area contributed by atoms with E-state index in [1.165, 1.54) is 7.05 Å². The number of hydrogen-bond acceptors (Lipinski definition) is 4. The van der Waals surface area contributed by atoms with Gasteiger partial charge in [0.15, 0.2) is 5.96 Å². The first-order valence-corrected chi connectivity index (χ1v) is 4.58. The average Bonchev–Trinajstić information content (AvgIpc) is 1.81. The molecular formula is C4H12N3Na2O5P. The van der Waals surface area contributed by atoms with E-state index in [1.54, 1.807) is 0 Å². The van der Waals surface area contributed by atoms with Crippen molar-refractivity contribution in [1.82, 2.24) is 4.90 Å². The molecule has 0 saturated heterocycles. The standard InChI is InChI=1S/C4H10N3O5P.2Na.2H/c1-7(4(5)6)2-3(8)12-13(9,10)11;;;;/h2H2,1H3,(H3,5,6)(H2,9,10,11);;;;. The van der Waals surface area contributed by atoms with Gasteiger partial charge in [-0.05, 0) is 0 Å². The van der Waals surface area contributed by atoms with Crippen LogP contribution >= 0.6 is 7.82 Å². The number of phosphoric acid groups is 1. The van der Waals surface area contributed by atoms with Crippen LogP contribution in [0.15, 0.2) is 0 Å². The van der Waals surface area contributed by atoms with E-state index in [0.29, 0.717) is 0 Å². The number of nitrogens with one attached hydrogen (secondary N) is 1. The van der Waals surface area contributed by atoms with E-state index in [4.69, 9.17) is 20.9 Å². The van der Waals surface area contributed by atoms with Gasteiger partial charge < -0.3 is 15.2 Å². The summed E-state index contributed by atoms with van der Waals surface area (Å²) in [6.45, 7) is -0.486. The summed E-state index contributed by atoms with van der Waals surface area (Å²) in [5, 5.41) is 6.83.